The lowest BCUT2D eigenvalue weighted by atomic mass is 9.92. The molecule has 4 nitrogen and oxygen atoms in total. The molecule has 1 aliphatic carbocycles. The third-order valence-corrected chi connectivity index (χ3v) is 7.45. The lowest BCUT2D eigenvalue weighted by molar-refractivity contribution is 0.462. The molecule has 0 bridgehead atoms. The molecular weight excluding hydrogens is 452 g/mol. The third kappa shape index (κ3) is 8.57. The van der Waals surface area contributed by atoms with Crippen molar-refractivity contribution in [3.8, 4) is 6.07 Å². The maximum Gasteiger partial charge on any atom is 0.130 e. The largest absolute Gasteiger partial charge is 0.340 e. The molecule has 1 saturated carbocycles. The Hall–Kier alpha value is -3.45. The van der Waals surface area contributed by atoms with Crippen molar-refractivity contribution in [3.63, 3.8) is 0 Å². The van der Waals surface area contributed by atoms with Crippen LogP contribution < -0.4 is 5.32 Å². The summed E-state index contributed by atoms with van der Waals surface area (Å²) in [6.45, 7) is 4.60. The summed E-state index contributed by atoms with van der Waals surface area (Å²) in [4.78, 5) is 9.68. The van der Waals surface area contributed by atoms with Crippen LogP contribution in [0.15, 0.2) is 66.4 Å². The molecule has 0 spiro atoms. The van der Waals surface area contributed by atoms with E-state index in [0.29, 0.717) is 12.3 Å². The lowest BCUT2D eigenvalue weighted by Crippen LogP contribution is -2.02. The van der Waals surface area contributed by atoms with Crippen molar-refractivity contribution >= 4 is 17.6 Å². The van der Waals surface area contributed by atoms with E-state index in [-0.39, 0.29) is 0 Å². The minimum Gasteiger partial charge on any atom is -0.340 e. The number of hydrogen-bond acceptors (Lipinski definition) is 4. The van der Waals surface area contributed by atoms with Gasteiger partial charge in [-0.1, -0.05) is 74.9 Å². The number of nitriles is 1. The summed E-state index contributed by atoms with van der Waals surface area (Å²) in [5.41, 5.74) is 6.80. The average molecular weight is 493 g/mol. The first-order chi connectivity index (χ1) is 18.1. The summed E-state index contributed by atoms with van der Waals surface area (Å²) >= 11 is 0. The SMILES string of the molecule is CC(=Cc1ccc(C2CCCCC(C)CCC2)nc1)CCc1cccc(Nc2cccc(CC#N)c2)n1. The van der Waals surface area contributed by atoms with E-state index in [9.17, 15) is 0 Å². The van der Waals surface area contributed by atoms with Crippen LogP contribution in [-0.4, -0.2) is 9.97 Å². The highest BCUT2D eigenvalue weighted by molar-refractivity contribution is 5.57. The van der Waals surface area contributed by atoms with E-state index in [0.717, 1.165) is 41.5 Å². The van der Waals surface area contributed by atoms with Crippen molar-refractivity contribution in [2.24, 2.45) is 5.92 Å². The highest BCUT2D eigenvalue weighted by atomic mass is 15.0. The van der Waals surface area contributed by atoms with E-state index >= 15 is 0 Å². The number of anilines is 2. The van der Waals surface area contributed by atoms with E-state index in [1.165, 1.54) is 61.8 Å². The van der Waals surface area contributed by atoms with Crippen molar-refractivity contribution in [2.45, 2.75) is 84.0 Å². The van der Waals surface area contributed by atoms with Gasteiger partial charge in [0.2, 0.25) is 0 Å². The highest BCUT2D eigenvalue weighted by Gasteiger charge is 2.16. The van der Waals surface area contributed by atoms with Crippen molar-refractivity contribution in [1.82, 2.24) is 9.97 Å². The number of aryl methyl sites for hydroxylation is 1. The number of pyridine rings is 2. The molecule has 2 unspecified atom stereocenters. The molecule has 1 aromatic carbocycles. The molecule has 1 fully saturated rings. The minimum absolute atomic E-state index is 0.409. The Morgan fingerprint density at radius 3 is 2.68 bits per heavy atom. The first-order valence-corrected chi connectivity index (χ1v) is 13.9. The monoisotopic (exact) mass is 492 g/mol. The number of allylic oxidation sites excluding steroid dienone is 1. The first kappa shape index (κ1) is 26.6. The Morgan fingerprint density at radius 1 is 1.03 bits per heavy atom. The number of nitrogens with one attached hydrogen (secondary N) is 1. The standard InChI is InChI=1S/C33H40N4/c1-25-8-3-4-11-29(12-5-9-25)32-19-17-28(24-35-32)22-26(2)16-18-30-13-7-15-33(36-30)37-31-14-6-10-27(23-31)20-21-34/h6-7,10,13-15,17,19,22-25,29H,3-5,8-9,11-12,16,18,20H2,1-2H3,(H,36,37). The third-order valence-electron chi connectivity index (χ3n) is 7.45. The summed E-state index contributed by atoms with van der Waals surface area (Å²) in [6, 6.07) is 20.7. The molecular formula is C33H40N4. The predicted molar refractivity (Wildman–Crippen MR) is 154 cm³/mol. The van der Waals surface area contributed by atoms with E-state index in [1.54, 1.807) is 0 Å². The molecule has 37 heavy (non-hydrogen) atoms. The molecule has 3 aromatic rings. The number of benzene rings is 1. The fraction of sp³-hybridized carbons (Fsp3) is 0.424. The number of aromatic nitrogens is 2. The molecule has 0 radical (unpaired) electrons. The fourth-order valence-corrected chi connectivity index (χ4v) is 5.29. The maximum atomic E-state index is 8.94. The predicted octanol–water partition coefficient (Wildman–Crippen LogP) is 8.79. The summed E-state index contributed by atoms with van der Waals surface area (Å²) < 4.78 is 0. The topological polar surface area (TPSA) is 61.6 Å². The zero-order valence-electron chi connectivity index (χ0n) is 22.4. The lowest BCUT2D eigenvalue weighted by Gasteiger charge is -2.15. The highest BCUT2D eigenvalue weighted by Crippen LogP contribution is 2.31. The van der Waals surface area contributed by atoms with Crippen molar-refractivity contribution < 1.29 is 0 Å². The molecule has 4 heteroatoms. The van der Waals surface area contributed by atoms with Crippen LogP contribution in [0.1, 0.15) is 93.6 Å². The number of hydrogen-bond donors (Lipinski definition) is 1. The summed E-state index contributed by atoms with van der Waals surface area (Å²) in [5.74, 6) is 2.32. The van der Waals surface area contributed by atoms with E-state index < -0.39 is 0 Å². The van der Waals surface area contributed by atoms with Gasteiger partial charge in [0.15, 0.2) is 0 Å². The number of nitrogens with zero attached hydrogens (tertiary/aromatic N) is 3. The summed E-state index contributed by atoms with van der Waals surface area (Å²) in [6.07, 6.45) is 15.9. The van der Waals surface area contributed by atoms with Gasteiger partial charge in [-0.15, -0.1) is 0 Å². The van der Waals surface area contributed by atoms with Gasteiger partial charge >= 0.3 is 0 Å². The average Bonchev–Trinajstić information content (AvgIpc) is 3.00. The van der Waals surface area contributed by atoms with E-state index in [1.807, 2.05) is 36.4 Å². The van der Waals surface area contributed by atoms with Crippen LogP contribution in [0.25, 0.3) is 6.08 Å². The van der Waals surface area contributed by atoms with Gasteiger partial charge in [0.05, 0.1) is 12.5 Å². The first-order valence-electron chi connectivity index (χ1n) is 13.9. The zero-order valence-corrected chi connectivity index (χ0v) is 22.4. The Kier molecular flexibility index (Phi) is 9.89. The Morgan fingerprint density at radius 2 is 1.84 bits per heavy atom. The molecule has 0 saturated heterocycles. The summed E-state index contributed by atoms with van der Waals surface area (Å²) in [7, 11) is 0. The van der Waals surface area contributed by atoms with Crippen LogP contribution in [0.5, 0.6) is 0 Å². The van der Waals surface area contributed by atoms with Crippen LogP contribution in [0.4, 0.5) is 11.5 Å². The van der Waals surface area contributed by atoms with Gasteiger partial charge in [0.25, 0.3) is 0 Å². The molecule has 0 aliphatic heterocycles. The Balaban J connectivity index is 1.32. The molecule has 1 N–H and O–H groups in total. The normalized spacial score (nSPS) is 18.8. The Bertz CT molecular complexity index is 1210. The van der Waals surface area contributed by atoms with Gasteiger partial charge in [0.1, 0.15) is 5.82 Å². The van der Waals surface area contributed by atoms with Crippen LogP contribution in [-0.2, 0) is 12.8 Å². The fourth-order valence-electron chi connectivity index (χ4n) is 5.29. The van der Waals surface area contributed by atoms with Crippen molar-refractivity contribution in [1.29, 1.82) is 5.26 Å². The quantitative estimate of drug-likeness (QED) is 0.341. The molecule has 2 aromatic heterocycles. The van der Waals surface area contributed by atoms with E-state index in [4.69, 9.17) is 15.2 Å². The second-order valence-electron chi connectivity index (χ2n) is 10.7. The smallest absolute Gasteiger partial charge is 0.130 e. The molecule has 2 atom stereocenters. The molecule has 1 aliphatic rings. The van der Waals surface area contributed by atoms with Gasteiger partial charge < -0.3 is 5.32 Å². The minimum atomic E-state index is 0.409. The second kappa shape index (κ2) is 13.7. The van der Waals surface area contributed by atoms with Crippen molar-refractivity contribution in [3.05, 3.63) is 88.9 Å². The van der Waals surface area contributed by atoms with Crippen LogP contribution in [0.2, 0.25) is 0 Å². The van der Waals surface area contributed by atoms with Crippen LogP contribution in [0, 0.1) is 17.2 Å². The van der Waals surface area contributed by atoms with Gasteiger partial charge in [-0.05, 0) is 80.0 Å². The molecule has 4 rings (SSSR count). The zero-order chi connectivity index (χ0) is 25.9. The number of rotatable bonds is 8. The second-order valence-corrected chi connectivity index (χ2v) is 10.7. The van der Waals surface area contributed by atoms with Crippen molar-refractivity contribution in [2.75, 3.05) is 5.32 Å². The Labute approximate surface area is 222 Å². The van der Waals surface area contributed by atoms with Crippen LogP contribution >= 0.6 is 0 Å². The maximum absolute atomic E-state index is 8.94. The van der Waals surface area contributed by atoms with Crippen LogP contribution in [0.3, 0.4) is 0 Å². The molecule has 0 amide bonds. The molecule has 2 heterocycles. The van der Waals surface area contributed by atoms with Gasteiger partial charge in [-0.2, -0.15) is 5.26 Å². The van der Waals surface area contributed by atoms with Gasteiger partial charge in [-0.25, -0.2) is 4.98 Å². The van der Waals surface area contributed by atoms with E-state index in [2.05, 4.69) is 55.7 Å². The molecule has 192 valence electrons. The van der Waals surface area contributed by atoms with Gasteiger partial charge in [-0.3, -0.25) is 4.98 Å². The van der Waals surface area contributed by atoms with Gasteiger partial charge in [0, 0.05) is 29.2 Å². The summed E-state index contributed by atoms with van der Waals surface area (Å²) in [5, 5.41) is 12.3.